The maximum absolute atomic E-state index is 11.5. The van der Waals surface area contributed by atoms with Crippen LogP contribution in [-0.2, 0) is 4.74 Å². The van der Waals surface area contributed by atoms with Crippen molar-refractivity contribution in [1.82, 2.24) is 5.27 Å². The van der Waals surface area contributed by atoms with E-state index >= 15 is 0 Å². The molecular weight excluding hydrogens is 292 g/mol. The van der Waals surface area contributed by atoms with Crippen LogP contribution in [0.5, 0.6) is 5.95 Å². The number of methoxy groups -OCH3 is 1. The van der Waals surface area contributed by atoms with E-state index in [1.807, 2.05) is 0 Å². The number of aromatic nitrogens is 2. The first kappa shape index (κ1) is 11.6. The van der Waals surface area contributed by atoms with Gasteiger partial charge in [-0.1, -0.05) is 12.1 Å². The van der Waals surface area contributed by atoms with Gasteiger partial charge in [-0.3, -0.25) is 0 Å². The average molecular weight is 299 g/mol. The summed E-state index contributed by atoms with van der Waals surface area (Å²) in [6.07, 6.45) is 0. The molecule has 0 radical (unpaired) electrons. The van der Waals surface area contributed by atoms with Crippen LogP contribution in [0.2, 0.25) is 0 Å². The van der Waals surface area contributed by atoms with E-state index in [2.05, 4.69) is 30.5 Å². The summed E-state index contributed by atoms with van der Waals surface area (Å²) in [5.41, 5.74) is 0.686. The molecule has 0 fully saturated rings. The molecule has 1 aromatic carbocycles. The highest BCUT2D eigenvalue weighted by Gasteiger charge is 2.24. The molecule has 0 N–H and O–H groups in total. The summed E-state index contributed by atoms with van der Waals surface area (Å²) in [4.78, 5) is 11.5. The quantitative estimate of drug-likeness (QED) is 0.598. The number of para-hydroxylation sites is 1. The molecule has 0 aliphatic rings. The second-order valence-electron chi connectivity index (χ2n) is 3.07. The number of esters is 1. The Balaban J connectivity index is 2.60. The Labute approximate surface area is 105 Å². The van der Waals surface area contributed by atoms with E-state index in [4.69, 9.17) is 0 Å². The highest BCUT2D eigenvalue weighted by molar-refractivity contribution is 9.10. The van der Waals surface area contributed by atoms with Crippen molar-refractivity contribution in [3.8, 4) is 11.6 Å². The molecule has 1 heterocycles. The van der Waals surface area contributed by atoms with Crippen molar-refractivity contribution in [1.29, 1.82) is 0 Å². The van der Waals surface area contributed by atoms with Crippen molar-refractivity contribution in [2.45, 2.75) is 0 Å². The van der Waals surface area contributed by atoms with Gasteiger partial charge in [0.05, 0.1) is 12.4 Å². The first-order valence-electron chi connectivity index (χ1n) is 4.57. The van der Waals surface area contributed by atoms with Gasteiger partial charge in [0.1, 0.15) is 5.56 Å². The van der Waals surface area contributed by atoms with Crippen LogP contribution in [0, 0.1) is 0 Å². The first-order valence-corrected chi connectivity index (χ1v) is 5.36. The molecule has 0 unspecified atom stereocenters. The Morgan fingerprint density at radius 2 is 2.24 bits per heavy atom. The van der Waals surface area contributed by atoms with Crippen LogP contribution in [0.25, 0.3) is 5.69 Å². The molecule has 2 rings (SSSR count). The van der Waals surface area contributed by atoms with Crippen molar-refractivity contribution in [3.63, 3.8) is 0 Å². The Morgan fingerprint density at radius 1 is 1.53 bits per heavy atom. The van der Waals surface area contributed by atoms with Gasteiger partial charge in [-0.25, -0.2) is 4.79 Å². The standard InChI is InChI=1S/C10H7BrN2O4/c1-16-9(14)6-4-2-3-5-7(6)13-8(11)10(15)17-12-13/h2-5H,1H3. The smallest absolute Gasteiger partial charge is 0.344 e. The first-order chi connectivity index (χ1) is 8.15. The summed E-state index contributed by atoms with van der Waals surface area (Å²) in [5, 5.41) is 14.7. The molecule has 0 atom stereocenters. The fourth-order valence-electron chi connectivity index (χ4n) is 1.33. The third kappa shape index (κ3) is 2.01. The molecule has 88 valence electrons. The Morgan fingerprint density at radius 3 is 2.82 bits per heavy atom. The third-order valence-corrected chi connectivity index (χ3v) is 2.76. The number of carbonyl (C=O) groups is 1. The highest BCUT2D eigenvalue weighted by atomic mass is 79.9. The molecule has 0 amide bonds. The number of hydrogen-bond acceptors (Lipinski definition) is 5. The van der Waals surface area contributed by atoms with Gasteiger partial charge in [0, 0.05) is 22.0 Å². The zero-order valence-corrected chi connectivity index (χ0v) is 10.3. The van der Waals surface area contributed by atoms with E-state index in [-0.39, 0.29) is 10.2 Å². The number of rotatable bonds is 2. The topological polar surface area (TPSA) is 79.3 Å². The molecule has 0 aliphatic carbocycles. The molecule has 7 heteroatoms. The van der Waals surface area contributed by atoms with Gasteiger partial charge >= 0.3 is 10.6 Å². The van der Waals surface area contributed by atoms with Gasteiger partial charge in [0.15, 0.2) is 5.95 Å². The lowest BCUT2D eigenvalue weighted by molar-refractivity contribution is -0.680. The van der Waals surface area contributed by atoms with E-state index in [0.717, 1.165) is 0 Å². The predicted octanol–water partition coefficient (Wildman–Crippen LogP) is 0.574. The largest absolute Gasteiger partial charge is 0.538 e. The molecule has 6 nitrogen and oxygen atoms in total. The third-order valence-electron chi connectivity index (χ3n) is 2.10. The lowest BCUT2D eigenvalue weighted by Crippen LogP contribution is -2.36. The molecule has 0 saturated heterocycles. The lowest BCUT2D eigenvalue weighted by Gasteiger charge is -1.99. The molecule has 0 saturated carbocycles. The Hall–Kier alpha value is -1.89. The van der Waals surface area contributed by atoms with E-state index in [1.165, 1.54) is 11.8 Å². The number of benzene rings is 1. The van der Waals surface area contributed by atoms with E-state index in [9.17, 15) is 9.90 Å². The maximum atomic E-state index is 11.5. The van der Waals surface area contributed by atoms with Crippen molar-refractivity contribution in [2.24, 2.45) is 0 Å². The van der Waals surface area contributed by atoms with E-state index in [1.54, 1.807) is 24.3 Å². The van der Waals surface area contributed by atoms with Crippen LogP contribution in [-0.4, -0.2) is 18.4 Å². The van der Waals surface area contributed by atoms with Crippen molar-refractivity contribution < 1.29 is 23.8 Å². The number of hydrogen-bond donors (Lipinski definition) is 0. The molecule has 0 bridgehead atoms. The van der Waals surface area contributed by atoms with Crippen LogP contribution in [0.4, 0.5) is 0 Å². The Kier molecular flexibility index (Phi) is 3.10. The van der Waals surface area contributed by atoms with Gasteiger partial charge in [-0.2, -0.15) is 0 Å². The number of ether oxygens (including phenoxy) is 1. The van der Waals surface area contributed by atoms with Gasteiger partial charge in [0.25, 0.3) is 5.69 Å². The number of carbonyl (C=O) groups excluding carboxylic acids is 1. The zero-order chi connectivity index (χ0) is 12.4. The van der Waals surface area contributed by atoms with Crippen molar-refractivity contribution >= 4 is 21.9 Å². The second kappa shape index (κ2) is 4.54. The normalized spacial score (nSPS) is 10.2. The Bertz CT molecular complexity index is 567. The summed E-state index contributed by atoms with van der Waals surface area (Å²) in [6, 6.07) is 6.58. The summed E-state index contributed by atoms with van der Waals surface area (Å²) in [7, 11) is 1.28. The van der Waals surface area contributed by atoms with Crippen LogP contribution >= 0.6 is 15.9 Å². The monoisotopic (exact) mass is 298 g/mol. The van der Waals surface area contributed by atoms with Crippen molar-refractivity contribution in [2.75, 3.05) is 7.11 Å². The van der Waals surface area contributed by atoms with Crippen LogP contribution < -0.4 is 9.79 Å². The molecule has 0 aliphatic heterocycles. The van der Waals surface area contributed by atoms with Gasteiger partial charge in [-0.15, -0.1) is 0 Å². The van der Waals surface area contributed by atoms with Gasteiger partial charge in [-0.05, 0) is 10.7 Å². The lowest BCUT2D eigenvalue weighted by atomic mass is 10.2. The summed E-state index contributed by atoms with van der Waals surface area (Å²) in [6.45, 7) is 0. The van der Waals surface area contributed by atoms with E-state index in [0.29, 0.717) is 5.69 Å². The summed E-state index contributed by atoms with van der Waals surface area (Å²) < 4.78 is 10.4. The molecule has 0 spiro atoms. The molecule has 17 heavy (non-hydrogen) atoms. The van der Waals surface area contributed by atoms with E-state index < -0.39 is 11.9 Å². The summed E-state index contributed by atoms with van der Waals surface area (Å²) in [5.74, 6) is -1.14. The zero-order valence-electron chi connectivity index (χ0n) is 8.71. The molecule has 2 aromatic rings. The van der Waals surface area contributed by atoms with Crippen molar-refractivity contribution in [3.05, 3.63) is 34.4 Å². The number of nitrogens with zero attached hydrogens (tertiary/aromatic N) is 2. The fraction of sp³-hybridized carbons (Fsp3) is 0.100. The predicted molar refractivity (Wildman–Crippen MR) is 56.5 cm³/mol. The maximum Gasteiger partial charge on any atom is 0.344 e. The fourth-order valence-corrected chi connectivity index (χ4v) is 1.66. The van der Waals surface area contributed by atoms with Crippen LogP contribution in [0.1, 0.15) is 10.4 Å². The summed E-state index contributed by atoms with van der Waals surface area (Å²) >= 11 is 3.03. The molecule has 1 aromatic heterocycles. The molecular formula is C10H7BrN2O4. The van der Waals surface area contributed by atoms with Crippen LogP contribution in [0.3, 0.4) is 0 Å². The highest BCUT2D eigenvalue weighted by Crippen LogP contribution is 2.18. The SMILES string of the molecule is COC(=O)c1ccccc1-[n+]1noc([O-])c1Br. The minimum Gasteiger partial charge on any atom is -0.538 e. The minimum atomic E-state index is -0.621. The number of halogens is 1. The average Bonchev–Trinajstić information content (AvgIpc) is 2.69. The van der Waals surface area contributed by atoms with Gasteiger partial charge < -0.3 is 14.4 Å². The van der Waals surface area contributed by atoms with Crippen LogP contribution in [0.15, 0.2) is 33.4 Å². The second-order valence-corrected chi connectivity index (χ2v) is 3.82. The van der Waals surface area contributed by atoms with Gasteiger partial charge in [0.2, 0.25) is 0 Å². The minimum absolute atomic E-state index is 0.105.